The number of halogens is 2. The van der Waals surface area contributed by atoms with Crippen LogP contribution in [0.2, 0.25) is 4.47 Å². The van der Waals surface area contributed by atoms with Gasteiger partial charge in [-0.25, -0.2) is 4.98 Å². The topological polar surface area (TPSA) is 22.1 Å². The number of ether oxygens (including phenoxy) is 1. The molecule has 0 atom stereocenters. The van der Waals surface area contributed by atoms with E-state index in [4.69, 9.17) is 16.3 Å². The maximum atomic E-state index is 5.82. The SMILES string of the molecule is COc1ccc(Br)c2sc(Cl)nc12. The van der Waals surface area contributed by atoms with Gasteiger partial charge in [0.2, 0.25) is 0 Å². The van der Waals surface area contributed by atoms with Gasteiger partial charge in [0, 0.05) is 4.47 Å². The van der Waals surface area contributed by atoms with Crippen molar-refractivity contribution in [2.45, 2.75) is 0 Å². The van der Waals surface area contributed by atoms with Crippen LogP contribution in [0.5, 0.6) is 5.75 Å². The van der Waals surface area contributed by atoms with Crippen LogP contribution in [-0.2, 0) is 0 Å². The Morgan fingerprint density at radius 1 is 1.54 bits per heavy atom. The summed E-state index contributed by atoms with van der Waals surface area (Å²) in [5.74, 6) is 0.751. The molecule has 68 valence electrons. The maximum Gasteiger partial charge on any atom is 0.184 e. The lowest BCUT2D eigenvalue weighted by molar-refractivity contribution is 0.419. The van der Waals surface area contributed by atoms with E-state index in [1.54, 1.807) is 7.11 Å². The molecule has 0 spiro atoms. The van der Waals surface area contributed by atoms with Gasteiger partial charge < -0.3 is 4.74 Å². The summed E-state index contributed by atoms with van der Waals surface area (Å²) >= 11 is 10.7. The Hall–Kier alpha value is -0.320. The first-order chi connectivity index (χ1) is 6.22. The van der Waals surface area contributed by atoms with Crippen LogP contribution >= 0.6 is 38.9 Å². The third-order valence-corrected chi connectivity index (χ3v) is 3.77. The molecule has 2 nitrogen and oxygen atoms in total. The van der Waals surface area contributed by atoms with E-state index in [1.807, 2.05) is 12.1 Å². The molecule has 5 heteroatoms. The average molecular weight is 279 g/mol. The quantitative estimate of drug-likeness (QED) is 0.793. The lowest BCUT2D eigenvalue weighted by Gasteiger charge is -2.00. The van der Waals surface area contributed by atoms with Crippen molar-refractivity contribution in [2.75, 3.05) is 7.11 Å². The molecule has 0 saturated heterocycles. The monoisotopic (exact) mass is 277 g/mol. The lowest BCUT2D eigenvalue weighted by atomic mass is 10.3. The highest BCUT2D eigenvalue weighted by Crippen LogP contribution is 2.36. The highest BCUT2D eigenvalue weighted by atomic mass is 79.9. The molecule has 13 heavy (non-hydrogen) atoms. The molecule has 2 rings (SSSR count). The van der Waals surface area contributed by atoms with Gasteiger partial charge in [-0.15, -0.1) is 11.3 Å². The molecule has 1 aromatic heterocycles. The van der Waals surface area contributed by atoms with E-state index in [9.17, 15) is 0 Å². The molecule has 1 heterocycles. The molecule has 1 aromatic carbocycles. The number of aromatic nitrogens is 1. The highest BCUT2D eigenvalue weighted by Gasteiger charge is 2.09. The number of hydrogen-bond donors (Lipinski definition) is 0. The number of nitrogens with zero attached hydrogens (tertiary/aromatic N) is 1. The summed E-state index contributed by atoms with van der Waals surface area (Å²) < 4.78 is 7.70. The van der Waals surface area contributed by atoms with E-state index in [-0.39, 0.29) is 0 Å². The third kappa shape index (κ3) is 1.54. The maximum absolute atomic E-state index is 5.82. The fourth-order valence-corrected chi connectivity index (χ4v) is 2.68. The highest BCUT2D eigenvalue weighted by molar-refractivity contribution is 9.10. The Balaban J connectivity index is 2.83. The number of benzene rings is 1. The van der Waals surface area contributed by atoms with E-state index in [0.29, 0.717) is 4.47 Å². The van der Waals surface area contributed by atoms with Crippen molar-refractivity contribution < 1.29 is 4.74 Å². The van der Waals surface area contributed by atoms with Crippen LogP contribution in [0.4, 0.5) is 0 Å². The minimum Gasteiger partial charge on any atom is -0.494 e. The second-order valence-electron chi connectivity index (χ2n) is 2.39. The second kappa shape index (κ2) is 3.44. The molecule has 0 amide bonds. The van der Waals surface area contributed by atoms with Crippen molar-refractivity contribution in [3.05, 3.63) is 21.1 Å². The molecular weight excluding hydrogens is 274 g/mol. The van der Waals surface area contributed by atoms with Gasteiger partial charge in [-0.1, -0.05) is 11.6 Å². The van der Waals surface area contributed by atoms with E-state index in [2.05, 4.69) is 20.9 Å². The summed E-state index contributed by atoms with van der Waals surface area (Å²) in [6.45, 7) is 0. The summed E-state index contributed by atoms with van der Waals surface area (Å²) in [6.07, 6.45) is 0. The molecule has 0 fully saturated rings. The van der Waals surface area contributed by atoms with Gasteiger partial charge in [0.15, 0.2) is 4.47 Å². The predicted octanol–water partition coefficient (Wildman–Crippen LogP) is 3.72. The van der Waals surface area contributed by atoms with Gasteiger partial charge in [0.1, 0.15) is 11.3 Å². The molecule has 0 aliphatic heterocycles. The van der Waals surface area contributed by atoms with Crippen LogP contribution in [0.3, 0.4) is 0 Å². The van der Waals surface area contributed by atoms with Gasteiger partial charge in [-0.05, 0) is 28.1 Å². The van der Waals surface area contributed by atoms with Gasteiger partial charge in [0.25, 0.3) is 0 Å². The van der Waals surface area contributed by atoms with Crippen LogP contribution in [0.15, 0.2) is 16.6 Å². The summed E-state index contributed by atoms with van der Waals surface area (Å²) in [5.41, 5.74) is 0.812. The number of fused-ring (bicyclic) bond motifs is 1. The first-order valence-corrected chi connectivity index (χ1v) is 5.49. The molecule has 0 saturated carbocycles. The number of rotatable bonds is 1. The zero-order valence-electron chi connectivity index (χ0n) is 6.67. The molecule has 0 unspecified atom stereocenters. The second-order valence-corrected chi connectivity index (χ2v) is 4.83. The Labute approximate surface area is 92.6 Å². The van der Waals surface area contributed by atoms with Gasteiger partial charge in [-0.3, -0.25) is 0 Å². The van der Waals surface area contributed by atoms with Crippen molar-refractivity contribution in [3.63, 3.8) is 0 Å². The van der Waals surface area contributed by atoms with Gasteiger partial charge in [0.05, 0.1) is 11.8 Å². The number of methoxy groups -OCH3 is 1. The average Bonchev–Trinajstić information content (AvgIpc) is 2.48. The summed E-state index contributed by atoms with van der Waals surface area (Å²) in [4.78, 5) is 4.17. The molecular formula is C8H5BrClNOS. The summed E-state index contributed by atoms with van der Waals surface area (Å²) in [7, 11) is 1.62. The predicted molar refractivity (Wildman–Crippen MR) is 58.9 cm³/mol. The fourth-order valence-electron chi connectivity index (χ4n) is 1.09. The smallest absolute Gasteiger partial charge is 0.184 e. The van der Waals surface area contributed by atoms with Gasteiger partial charge >= 0.3 is 0 Å². The van der Waals surface area contributed by atoms with Crippen molar-refractivity contribution in [1.29, 1.82) is 0 Å². The van der Waals surface area contributed by atoms with E-state index >= 15 is 0 Å². The molecule has 0 bridgehead atoms. The zero-order valence-corrected chi connectivity index (χ0v) is 9.83. The van der Waals surface area contributed by atoms with Crippen molar-refractivity contribution in [1.82, 2.24) is 4.98 Å². The van der Waals surface area contributed by atoms with Crippen LogP contribution < -0.4 is 4.74 Å². The van der Waals surface area contributed by atoms with E-state index in [0.717, 1.165) is 20.4 Å². The van der Waals surface area contributed by atoms with E-state index in [1.165, 1.54) is 11.3 Å². The van der Waals surface area contributed by atoms with Gasteiger partial charge in [-0.2, -0.15) is 0 Å². The summed E-state index contributed by atoms with van der Waals surface area (Å²) in [6, 6.07) is 3.79. The Bertz CT molecular complexity index is 457. The van der Waals surface area contributed by atoms with Crippen molar-refractivity contribution in [3.8, 4) is 5.75 Å². The van der Waals surface area contributed by atoms with Crippen LogP contribution in [0.25, 0.3) is 10.2 Å². The largest absolute Gasteiger partial charge is 0.494 e. The normalized spacial score (nSPS) is 10.7. The minimum atomic E-state index is 0.528. The van der Waals surface area contributed by atoms with Crippen LogP contribution in [-0.4, -0.2) is 12.1 Å². The zero-order chi connectivity index (χ0) is 9.42. The fraction of sp³-hybridized carbons (Fsp3) is 0.125. The molecule has 2 aromatic rings. The Morgan fingerprint density at radius 2 is 2.31 bits per heavy atom. The Morgan fingerprint density at radius 3 is 3.00 bits per heavy atom. The Kier molecular flexibility index (Phi) is 2.45. The summed E-state index contributed by atoms with van der Waals surface area (Å²) in [5, 5.41) is 0. The number of thiazole rings is 1. The van der Waals surface area contributed by atoms with Crippen molar-refractivity contribution >= 4 is 49.1 Å². The van der Waals surface area contributed by atoms with Crippen molar-refractivity contribution in [2.24, 2.45) is 0 Å². The standard InChI is InChI=1S/C8H5BrClNOS/c1-12-5-3-2-4(9)7-6(5)11-8(10)13-7/h2-3H,1H3. The molecule has 0 aliphatic carbocycles. The van der Waals surface area contributed by atoms with Crippen LogP contribution in [0, 0.1) is 0 Å². The number of hydrogen-bond acceptors (Lipinski definition) is 3. The lowest BCUT2D eigenvalue weighted by Crippen LogP contribution is -1.83. The first-order valence-electron chi connectivity index (χ1n) is 3.51. The first kappa shape index (κ1) is 9.24. The van der Waals surface area contributed by atoms with E-state index < -0.39 is 0 Å². The van der Waals surface area contributed by atoms with Crippen LogP contribution in [0.1, 0.15) is 0 Å². The third-order valence-electron chi connectivity index (χ3n) is 1.65. The molecule has 0 radical (unpaired) electrons. The minimum absolute atomic E-state index is 0.528. The molecule has 0 aliphatic rings. The molecule has 0 N–H and O–H groups in total.